The number of rotatable bonds is 4. The second kappa shape index (κ2) is 5.48. The summed E-state index contributed by atoms with van der Waals surface area (Å²) >= 11 is 0. The summed E-state index contributed by atoms with van der Waals surface area (Å²) in [6.07, 6.45) is 3.90. The third-order valence-corrected chi connectivity index (χ3v) is 2.90. The fraction of sp³-hybridized carbons (Fsp3) is 0.267. The van der Waals surface area contributed by atoms with E-state index in [9.17, 15) is 0 Å². The molecule has 0 amide bonds. The van der Waals surface area contributed by atoms with Crippen LogP contribution in [0.4, 0.5) is 5.69 Å². The molecule has 0 bridgehead atoms. The van der Waals surface area contributed by atoms with Gasteiger partial charge >= 0.3 is 0 Å². The Bertz CT molecular complexity index is 475. The van der Waals surface area contributed by atoms with Gasteiger partial charge in [0.25, 0.3) is 0 Å². The Morgan fingerprint density at radius 3 is 2.65 bits per heavy atom. The summed E-state index contributed by atoms with van der Waals surface area (Å²) in [4.78, 5) is 4.48. The van der Waals surface area contributed by atoms with Gasteiger partial charge in [0, 0.05) is 31.0 Å². The molecule has 0 unspecified atom stereocenters. The predicted octanol–water partition coefficient (Wildman–Crippen LogP) is 3.28. The minimum atomic E-state index is 0.888. The molecule has 88 valence electrons. The Hall–Kier alpha value is -1.83. The standard InChI is InChI=1S/C15H18N2/c1-3-12-7-8-15(17-11-12)10-13-5-4-6-14(9-13)16-2/h4-9,11,16H,3,10H2,1-2H3. The Balaban J connectivity index is 2.13. The summed E-state index contributed by atoms with van der Waals surface area (Å²) in [6.45, 7) is 2.15. The maximum atomic E-state index is 4.48. The van der Waals surface area contributed by atoms with Gasteiger partial charge in [-0.05, 0) is 35.7 Å². The molecule has 0 aliphatic heterocycles. The Morgan fingerprint density at radius 2 is 2.00 bits per heavy atom. The predicted molar refractivity (Wildman–Crippen MR) is 72.4 cm³/mol. The monoisotopic (exact) mass is 226 g/mol. The molecule has 0 saturated carbocycles. The number of pyridine rings is 1. The molecule has 17 heavy (non-hydrogen) atoms. The van der Waals surface area contributed by atoms with Gasteiger partial charge in [-0.15, -0.1) is 0 Å². The highest BCUT2D eigenvalue weighted by atomic mass is 14.8. The molecule has 2 nitrogen and oxygen atoms in total. The second-order valence-corrected chi connectivity index (χ2v) is 4.14. The third kappa shape index (κ3) is 3.06. The molecule has 0 saturated heterocycles. The molecule has 0 aliphatic carbocycles. The zero-order valence-electron chi connectivity index (χ0n) is 10.4. The van der Waals surface area contributed by atoms with Crippen LogP contribution in [0, 0.1) is 0 Å². The molecule has 1 N–H and O–H groups in total. The highest BCUT2D eigenvalue weighted by molar-refractivity contribution is 5.45. The van der Waals surface area contributed by atoms with Gasteiger partial charge in [-0.3, -0.25) is 4.98 Å². The molecule has 2 aromatic rings. The van der Waals surface area contributed by atoms with Crippen LogP contribution >= 0.6 is 0 Å². The molecule has 2 heteroatoms. The van der Waals surface area contributed by atoms with Crippen molar-refractivity contribution in [3.8, 4) is 0 Å². The first-order chi connectivity index (χ1) is 8.31. The number of nitrogens with zero attached hydrogens (tertiary/aromatic N) is 1. The molecular formula is C15H18N2. The number of hydrogen-bond donors (Lipinski definition) is 1. The third-order valence-electron chi connectivity index (χ3n) is 2.90. The summed E-state index contributed by atoms with van der Waals surface area (Å²) in [6, 6.07) is 12.7. The van der Waals surface area contributed by atoms with Gasteiger partial charge in [0.2, 0.25) is 0 Å². The summed E-state index contributed by atoms with van der Waals surface area (Å²) < 4.78 is 0. The smallest absolute Gasteiger partial charge is 0.0447 e. The first kappa shape index (κ1) is 11.6. The Morgan fingerprint density at radius 1 is 1.12 bits per heavy atom. The van der Waals surface area contributed by atoms with Crippen LogP contribution in [0.5, 0.6) is 0 Å². The number of hydrogen-bond acceptors (Lipinski definition) is 2. The van der Waals surface area contributed by atoms with Gasteiger partial charge < -0.3 is 5.32 Å². The van der Waals surface area contributed by atoms with Crippen molar-refractivity contribution in [2.24, 2.45) is 0 Å². The summed E-state index contributed by atoms with van der Waals surface area (Å²) in [5.74, 6) is 0. The van der Waals surface area contributed by atoms with E-state index >= 15 is 0 Å². The van der Waals surface area contributed by atoms with Gasteiger partial charge in [0.05, 0.1) is 0 Å². The van der Waals surface area contributed by atoms with Crippen molar-refractivity contribution in [2.45, 2.75) is 19.8 Å². The molecule has 0 aliphatic rings. The first-order valence-corrected chi connectivity index (χ1v) is 6.02. The fourth-order valence-corrected chi connectivity index (χ4v) is 1.81. The van der Waals surface area contributed by atoms with E-state index in [1.807, 2.05) is 13.2 Å². The Labute approximate surface area is 103 Å². The lowest BCUT2D eigenvalue weighted by atomic mass is 10.1. The number of benzene rings is 1. The molecule has 1 aromatic carbocycles. The van der Waals surface area contributed by atoms with Crippen molar-refractivity contribution in [2.75, 3.05) is 12.4 Å². The number of nitrogens with one attached hydrogen (secondary N) is 1. The normalized spacial score (nSPS) is 10.2. The topological polar surface area (TPSA) is 24.9 Å². The molecule has 0 atom stereocenters. The van der Waals surface area contributed by atoms with Crippen molar-refractivity contribution in [3.05, 3.63) is 59.4 Å². The number of aromatic nitrogens is 1. The Kier molecular flexibility index (Phi) is 3.76. The van der Waals surface area contributed by atoms with Gasteiger partial charge in [0.1, 0.15) is 0 Å². The lowest BCUT2D eigenvalue weighted by molar-refractivity contribution is 1.03. The van der Waals surface area contributed by atoms with Gasteiger partial charge in [-0.25, -0.2) is 0 Å². The molecule has 1 heterocycles. The first-order valence-electron chi connectivity index (χ1n) is 6.02. The van der Waals surface area contributed by atoms with E-state index in [4.69, 9.17) is 0 Å². The van der Waals surface area contributed by atoms with Crippen LogP contribution in [0.15, 0.2) is 42.6 Å². The lowest BCUT2D eigenvalue weighted by Crippen LogP contribution is -1.95. The molecule has 2 rings (SSSR count). The van der Waals surface area contributed by atoms with Crippen LogP contribution in [0.2, 0.25) is 0 Å². The van der Waals surface area contributed by atoms with E-state index in [0.717, 1.165) is 24.2 Å². The largest absolute Gasteiger partial charge is 0.388 e. The van der Waals surface area contributed by atoms with Gasteiger partial charge in [-0.1, -0.05) is 25.1 Å². The van der Waals surface area contributed by atoms with E-state index in [2.05, 4.69) is 53.6 Å². The van der Waals surface area contributed by atoms with Crippen molar-refractivity contribution >= 4 is 5.69 Å². The van der Waals surface area contributed by atoms with Crippen molar-refractivity contribution in [1.82, 2.24) is 4.98 Å². The van der Waals surface area contributed by atoms with Crippen LogP contribution in [0.1, 0.15) is 23.7 Å². The highest BCUT2D eigenvalue weighted by Gasteiger charge is 1.99. The zero-order valence-corrected chi connectivity index (χ0v) is 10.4. The van der Waals surface area contributed by atoms with Crippen LogP contribution < -0.4 is 5.32 Å². The molecule has 1 aromatic heterocycles. The van der Waals surface area contributed by atoms with Crippen LogP contribution in [-0.2, 0) is 12.8 Å². The van der Waals surface area contributed by atoms with E-state index in [1.165, 1.54) is 11.1 Å². The quantitative estimate of drug-likeness (QED) is 0.865. The fourth-order valence-electron chi connectivity index (χ4n) is 1.81. The SMILES string of the molecule is CCc1ccc(Cc2cccc(NC)c2)nc1. The summed E-state index contributed by atoms with van der Waals surface area (Å²) in [5, 5.41) is 3.15. The molecule has 0 fully saturated rings. The zero-order chi connectivity index (χ0) is 12.1. The van der Waals surface area contributed by atoms with Crippen molar-refractivity contribution < 1.29 is 0 Å². The van der Waals surface area contributed by atoms with Crippen molar-refractivity contribution in [3.63, 3.8) is 0 Å². The molecule has 0 spiro atoms. The molecular weight excluding hydrogens is 208 g/mol. The lowest BCUT2D eigenvalue weighted by Gasteiger charge is -2.05. The van der Waals surface area contributed by atoms with E-state index < -0.39 is 0 Å². The minimum absolute atomic E-state index is 0.888. The van der Waals surface area contributed by atoms with E-state index in [-0.39, 0.29) is 0 Å². The summed E-state index contributed by atoms with van der Waals surface area (Å²) in [5.41, 5.74) is 4.84. The number of anilines is 1. The van der Waals surface area contributed by atoms with Crippen LogP contribution in [0.25, 0.3) is 0 Å². The van der Waals surface area contributed by atoms with Crippen LogP contribution in [0.3, 0.4) is 0 Å². The van der Waals surface area contributed by atoms with Crippen LogP contribution in [-0.4, -0.2) is 12.0 Å². The highest BCUT2D eigenvalue weighted by Crippen LogP contribution is 2.13. The maximum absolute atomic E-state index is 4.48. The van der Waals surface area contributed by atoms with E-state index in [1.54, 1.807) is 0 Å². The van der Waals surface area contributed by atoms with Gasteiger partial charge in [0.15, 0.2) is 0 Å². The average Bonchev–Trinajstić information content (AvgIpc) is 2.40. The van der Waals surface area contributed by atoms with Gasteiger partial charge in [-0.2, -0.15) is 0 Å². The average molecular weight is 226 g/mol. The number of aryl methyl sites for hydroxylation is 1. The minimum Gasteiger partial charge on any atom is -0.388 e. The summed E-state index contributed by atoms with van der Waals surface area (Å²) in [7, 11) is 1.94. The second-order valence-electron chi connectivity index (χ2n) is 4.14. The van der Waals surface area contributed by atoms with Crippen molar-refractivity contribution in [1.29, 1.82) is 0 Å². The van der Waals surface area contributed by atoms with E-state index in [0.29, 0.717) is 0 Å². The molecule has 0 radical (unpaired) electrons. The maximum Gasteiger partial charge on any atom is 0.0447 e.